The van der Waals surface area contributed by atoms with Crippen LogP contribution in [0.1, 0.15) is 36.9 Å². The maximum Gasteiger partial charge on any atom is 0.406 e. The van der Waals surface area contributed by atoms with Crippen LogP contribution in [0.5, 0.6) is 0 Å². The fraction of sp³-hybridized carbons (Fsp3) is 0.435. The van der Waals surface area contributed by atoms with Crippen LogP contribution in [-0.4, -0.2) is 44.6 Å². The lowest BCUT2D eigenvalue weighted by molar-refractivity contribution is -0.140. The van der Waals surface area contributed by atoms with Gasteiger partial charge in [0.15, 0.2) is 0 Å². The lowest BCUT2D eigenvalue weighted by atomic mass is 10.0. The van der Waals surface area contributed by atoms with Gasteiger partial charge in [-0.1, -0.05) is 24.3 Å². The first-order valence-corrected chi connectivity index (χ1v) is 10.9. The highest BCUT2D eigenvalue weighted by atomic mass is 19.4. The Labute approximate surface area is 192 Å². The van der Waals surface area contributed by atoms with E-state index in [1.165, 1.54) is 12.3 Å². The average Bonchev–Trinajstić information content (AvgIpc) is 2.77. The summed E-state index contributed by atoms with van der Waals surface area (Å²) in [7, 11) is 0. The number of hydrogen-bond donors (Lipinski definition) is 1. The van der Waals surface area contributed by atoms with Crippen molar-refractivity contribution in [3.8, 4) is 0 Å². The monoisotopic (exact) mass is 481 g/mol. The molecule has 0 bridgehead atoms. The lowest BCUT2D eigenvalue weighted by Crippen LogP contribution is -2.38. The molecule has 0 saturated carbocycles. The van der Waals surface area contributed by atoms with Crippen molar-refractivity contribution in [1.29, 1.82) is 0 Å². The van der Waals surface area contributed by atoms with Gasteiger partial charge in [-0.25, -0.2) is 13.8 Å². The Morgan fingerprint density at radius 2 is 1.76 bits per heavy atom. The van der Waals surface area contributed by atoms with E-state index in [-0.39, 0.29) is 30.5 Å². The standard InChI is InChI=1S/C23H24F5N5O/c1-15(17-4-2-16(3-5-17)13-32-10-8-22(24,25)9-11-32)30-21-29-12-18-6-7-19(34)33(20(18)31-21)14-23(26,27)28/h2-7,12,15H,8-11,13-14H2,1H3,(H,29,30,31)/t15-/m0/s1. The second-order valence-electron chi connectivity index (χ2n) is 8.59. The van der Waals surface area contributed by atoms with Gasteiger partial charge < -0.3 is 5.32 Å². The van der Waals surface area contributed by atoms with Crippen molar-refractivity contribution in [2.45, 2.75) is 51.0 Å². The molecule has 11 heteroatoms. The van der Waals surface area contributed by atoms with E-state index in [0.29, 0.717) is 29.6 Å². The van der Waals surface area contributed by atoms with Gasteiger partial charge >= 0.3 is 6.18 Å². The molecular formula is C23H24F5N5O. The van der Waals surface area contributed by atoms with E-state index >= 15 is 0 Å². The number of anilines is 1. The third kappa shape index (κ3) is 5.88. The first-order chi connectivity index (χ1) is 16.0. The van der Waals surface area contributed by atoms with Crippen molar-refractivity contribution in [2.75, 3.05) is 18.4 Å². The zero-order chi connectivity index (χ0) is 24.5. The van der Waals surface area contributed by atoms with Crippen molar-refractivity contribution in [2.24, 2.45) is 0 Å². The van der Waals surface area contributed by atoms with Crippen molar-refractivity contribution < 1.29 is 22.0 Å². The van der Waals surface area contributed by atoms with Gasteiger partial charge in [0.1, 0.15) is 12.2 Å². The van der Waals surface area contributed by atoms with Crippen LogP contribution in [0.15, 0.2) is 47.4 Å². The molecule has 0 spiro atoms. The zero-order valence-corrected chi connectivity index (χ0v) is 18.4. The molecule has 6 nitrogen and oxygen atoms in total. The number of piperidine rings is 1. The smallest absolute Gasteiger partial charge is 0.348 e. The normalized spacial score (nSPS) is 17.6. The number of likely N-dealkylation sites (tertiary alicyclic amines) is 1. The topological polar surface area (TPSA) is 63.1 Å². The Bertz CT molecular complexity index is 1200. The fourth-order valence-corrected chi connectivity index (χ4v) is 3.96. The van der Waals surface area contributed by atoms with Crippen LogP contribution in [0.3, 0.4) is 0 Å². The predicted octanol–water partition coefficient (Wildman–Crippen LogP) is 4.76. The van der Waals surface area contributed by atoms with Crippen molar-refractivity contribution >= 4 is 17.0 Å². The van der Waals surface area contributed by atoms with Gasteiger partial charge in [-0.3, -0.25) is 14.3 Å². The highest BCUT2D eigenvalue weighted by Crippen LogP contribution is 2.28. The van der Waals surface area contributed by atoms with E-state index in [1.807, 2.05) is 36.1 Å². The van der Waals surface area contributed by atoms with Crippen molar-refractivity contribution in [1.82, 2.24) is 19.4 Å². The minimum absolute atomic E-state index is 0.0971. The zero-order valence-electron chi connectivity index (χ0n) is 18.4. The summed E-state index contributed by atoms with van der Waals surface area (Å²) < 4.78 is 66.1. The van der Waals surface area contributed by atoms with E-state index < -0.39 is 24.2 Å². The summed E-state index contributed by atoms with van der Waals surface area (Å²) in [5, 5.41) is 3.38. The second-order valence-corrected chi connectivity index (χ2v) is 8.59. The van der Waals surface area contributed by atoms with Crippen LogP contribution in [0, 0.1) is 0 Å². The Hall–Kier alpha value is -3.08. The average molecular weight is 481 g/mol. The molecule has 0 radical (unpaired) electrons. The summed E-state index contributed by atoms with van der Waals surface area (Å²) in [5.74, 6) is -2.48. The molecule has 1 N–H and O–H groups in total. The number of rotatable bonds is 6. The van der Waals surface area contributed by atoms with Gasteiger partial charge in [-0.15, -0.1) is 0 Å². The highest BCUT2D eigenvalue weighted by Gasteiger charge is 2.33. The largest absolute Gasteiger partial charge is 0.406 e. The number of nitrogens with one attached hydrogen (secondary N) is 1. The molecule has 1 fully saturated rings. The van der Waals surface area contributed by atoms with E-state index in [1.54, 1.807) is 0 Å². The van der Waals surface area contributed by atoms with Crippen LogP contribution in [0.2, 0.25) is 0 Å². The molecule has 0 unspecified atom stereocenters. The van der Waals surface area contributed by atoms with E-state index in [4.69, 9.17) is 0 Å². The summed E-state index contributed by atoms with van der Waals surface area (Å²) in [4.78, 5) is 22.3. The number of fused-ring (bicyclic) bond motifs is 1. The molecule has 1 atom stereocenters. The lowest BCUT2D eigenvalue weighted by Gasteiger charge is -2.31. The summed E-state index contributed by atoms with van der Waals surface area (Å²) in [5.41, 5.74) is 0.991. The third-order valence-electron chi connectivity index (χ3n) is 5.88. The molecule has 1 aliphatic heterocycles. The molecule has 182 valence electrons. The molecule has 3 heterocycles. The maximum absolute atomic E-state index is 13.3. The van der Waals surface area contributed by atoms with Crippen LogP contribution < -0.4 is 10.9 Å². The van der Waals surface area contributed by atoms with E-state index in [0.717, 1.165) is 17.2 Å². The Balaban J connectivity index is 1.46. The van der Waals surface area contributed by atoms with E-state index in [9.17, 15) is 26.7 Å². The SMILES string of the molecule is C[C@H](Nc1ncc2ccc(=O)n(CC(F)(F)F)c2n1)c1ccc(CN2CCC(F)(F)CC2)cc1. The van der Waals surface area contributed by atoms with Gasteiger partial charge in [0, 0.05) is 50.1 Å². The molecule has 1 aliphatic rings. The quantitative estimate of drug-likeness (QED) is 0.515. The summed E-state index contributed by atoms with van der Waals surface area (Å²) >= 11 is 0. The molecular weight excluding hydrogens is 457 g/mol. The Morgan fingerprint density at radius 1 is 1.09 bits per heavy atom. The van der Waals surface area contributed by atoms with Gasteiger partial charge in [0.2, 0.25) is 5.95 Å². The molecule has 0 amide bonds. The van der Waals surface area contributed by atoms with E-state index in [2.05, 4.69) is 15.3 Å². The predicted molar refractivity (Wildman–Crippen MR) is 118 cm³/mol. The van der Waals surface area contributed by atoms with Crippen LogP contribution in [-0.2, 0) is 13.1 Å². The minimum atomic E-state index is -4.57. The molecule has 1 saturated heterocycles. The fourth-order valence-electron chi connectivity index (χ4n) is 3.96. The Morgan fingerprint density at radius 3 is 2.41 bits per heavy atom. The van der Waals surface area contributed by atoms with Crippen LogP contribution >= 0.6 is 0 Å². The van der Waals surface area contributed by atoms with Gasteiger partial charge in [-0.05, 0) is 24.1 Å². The molecule has 0 aliphatic carbocycles. The van der Waals surface area contributed by atoms with Crippen LogP contribution in [0.4, 0.5) is 27.9 Å². The second kappa shape index (κ2) is 9.28. The highest BCUT2D eigenvalue weighted by molar-refractivity contribution is 5.75. The number of benzene rings is 1. The molecule has 1 aromatic carbocycles. The number of nitrogens with zero attached hydrogens (tertiary/aromatic N) is 4. The number of halogens is 5. The third-order valence-corrected chi connectivity index (χ3v) is 5.88. The van der Waals surface area contributed by atoms with Gasteiger partial charge in [0.25, 0.3) is 11.5 Å². The molecule has 4 rings (SSSR count). The number of alkyl halides is 5. The number of aromatic nitrogens is 3. The molecule has 3 aromatic rings. The first-order valence-electron chi connectivity index (χ1n) is 10.9. The number of hydrogen-bond acceptors (Lipinski definition) is 5. The summed E-state index contributed by atoms with van der Waals surface area (Å²) in [6.07, 6.45) is -3.46. The molecule has 2 aromatic heterocycles. The summed E-state index contributed by atoms with van der Waals surface area (Å²) in [6.45, 7) is 1.70. The van der Waals surface area contributed by atoms with Crippen molar-refractivity contribution in [3.63, 3.8) is 0 Å². The Kier molecular flexibility index (Phi) is 6.57. The first kappa shape index (κ1) is 24.1. The van der Waals surface area contributed by atoms with Gasteiger partial charge in [-0.2, -0.15) is 18.2 Å². The summed E-state index contributed by atoms with van der Waals surface area (Å²) in [6, 6.07) is 9.81. The maximum atomic E-state index is 13.3. The number of pyridine rings is 1. The molecule has 34 heavy (non-hydrogen) atoms. The van der Waals surface area contributed by atoms with Crippen LogP contribution in [0.25, 0.3) is 11.0 Å². The van der Waals surface area contributed by atoms with Gasteiger partial charge in [0.05, 0.1) is 6.04 Å². The minimum Gasteiger partial charge on any atom is -0.348 e. The van der Waals surface area contributed by atoms with Crippen molar-refractivity contribution in [3.05, 3.63) is 64.1 Å².